The average molecular weight is 361 g/mol. The van der Waals surface area contributed by atoms with Crippen molar-refractivity contribution in [3.8, 4) is 0 Å². The topological polar surface area (TPSA) is 76.2 Å². The zero-order valence-electron chi connectivity index (χ0n) is 14.2. The van der Waals surface area contributed by atoms with E-state index in [9.17, 15) is 4.79 Å². The number of amides is 1. The number of carbonyl (C=O) groups is 1. The first kappa shape index (κ1) is 16.5. The van der Waals surface area contributed by atoms with Crippen LogP contribution in [0.25, 0.3) is 0 Å². The Hall–Kier alpha value is -1.96. The number of anilines is 1. The highest BCUT2D eigenvalue weighted by molar-refractivity contribution is 7.99. The van der Waals surface area contributed by atoms with Crippen molar-refractivity contribution in [2.75, 3.05) is 23.7 Å². The predicted octanol–water partition coefficient (Wildman–Crippen LogP) is 2.60. The first-order valence-corrected chi connectivity index (χ1v) is 9.91. The van der Waals surface area contributed by atoms with E-state index in [1.54, 1.807) is 6.26 Å². The molecule has 0 spiro atoms. The van der Waals surface area contributed by atoms with Crippen LogP contribution in [0.1, 0.15) is 43.9 Å². The number of thioether (sulfide) groups is 1. The Labute approximate surface area is 151 Å². The van der Waals surface area contributed by atoms with Gasteiger partial charge in [-0.05, 0) is 44.2 Å². The van der Waals surface area contributed by atoms with Gasteiger partial charge < -0.3 is 14.6 Å². The molecule has 0 aromatic carbocycles. The molecule has 2 aliphatic rings. The largest absolute Gasteiger partial charge is 0.467 e. The first-order chi connectivity index (χ1) is 12.3. The molecule has 0 unspecified atom stereocenters. The lowest BCUT2D eigenvalue weighted by Gasteiger charge is -2.27. The highest BCUT2D eigenvalue weighted by Gasteiger charge is 2.32. The molecule has 1 amide bonds. The van der Waals surface area contributed by atoms with Crippen molar-refractivity contribution in [3.63, 3.8) is 0 Å². The fourth-order valence-electron chi connectivity index (χ4n) is 3.11. The fraction of sp³-hybridized carbons (Fsp3) is 0.588. The van der Waals surface area contributed by atoms with Gasteiger partial charge in [-0.15, -0.1) is 10.2 Å². The van der Waals surface area contributed by atoms with Crippen molar-refractivity contribution in [3.05, 3.63) is 24.2 Å². The number of nitrogens with zero attached hydrogens (tertiary/aromatic N) is 4. The van der Waals surface area contributed by atoms with E-state index in [0.717, 1.165) is 30.0 Å². The minimum Gasteiger partial charge on any atom is -0.467 e. The zero-order valence-corrected chi connectivity index (χ0v) is 15.0. The molecule has 2 aromatic heterocycles. The van der Waals surface area contributed by atoms with Gasteiger partial charge in [0.15, 0.2) is 5.16 Å². The van der Waals surface area contributed by atoms with E-state index in [4.69, 9.17) is 4.42 Å². The van der Waals surface area contributed by atoms with E-state index in [2.05, 4.69) is 25.0 Å². The lowest BCUT2D eigenvalue weighted by atomic mass is 10.1. The van der Waals surface area contributed by atoms with E-state index in [0.29, 0.717) is 18.3 Å². The van der Waals surface area contributed by atoms with Crippen LogP contribution >= 0.6 is 11.8 Å². The van der Waals surface area contributed by atoms with Crippen LogP contribution in [0, 0.1) is 0 Å². The second kappa shape index (κ2) is 7.51. The molecule has 0 radical (unpaired) electrons. The van der Waals surface area contributed by atoms with E-state index < -0.39 is 0 Å². The molecule has 3 heterocycles. The normalized spacial score (nSPS) is 17.7. The highest BCUT2D eigenvalue weighted by Crippen LogP contribution is 2.41. The summed E-state index contributed by atoms with van der Waals surface area (Å²) in [6.07, 6.45) is 7.70. The molecular formula is C17H23N5O2S. The Morgan fingerprint density at radius 2 is 2.12 bits per heavy atom. The van der Waals surface area contributed by atoms with Crippen LogP contribution in [-0.2, 0) is 11.3 Å². The summed E-state index contributed by atoms with van der Waals surface area (Å²) >= 11 is 1.47. The molecular weight excluding hydrogens is 338 g/mol. The first-order valence-electron chi connectivity index (χ1n) is 8.93. The number of rotatable bonds is 7. The molecule has 2 aromatic rings. The molecule has 25 heavy (non-hydrogen) atoms. The van der Waals surface area contributed by atoms with Gasteiger partial charge in [-0.2, -0.15) is 0 Å². The minimum absolute atomic E-state index is 0.0220. The molecule has 4 rings (SSSR count). The summed E-state index contributed by atoms with van der Waals surface area (Å²) in [6, 6.07) is 4.17. The Balaban J connectivity index is 1.37. The van der Waals surface area contributed by atoms with Gasteiger partial charge in [0.2, 0.25) is 11.9 Å². The summed E-state index contributed by atoms with van der Waals surface area (Å²) in [7, 11) is 0. The lowest BCUT2D eigenvalue weighted by Crippen LogP contribution is -2.32. The van der Waals surface area contributed by atoms with Crippen LogP contribution in [0.2, 0.25) is 0 Å². The van der Waals surface area contributed by atoms with Gasteiger partial charge in [-0.25, -0.2) is 0 Å². The van der Waals surface area contributed by atoms with Crippen molar-refractivity contribution in [1.82, 2.24) is 20.1 Å². The maximum absolute atomic E-state index is 12.1. The summed E-state index contributed by atoms with van der Waals surface area (Å²) in [4.78, 5) is 14.4. The predicted molar refractivity (Wildman–Crippen MR) is 95.6 cm³/mol. The van der Waals surface area contributed by atoms with Gasteiger partial charge >= 0.3 is 0 Å². The molecule has 1 N–H and O–H groups in total. The number of hydrogen-bond acceptors (Lipinski definition) is 6. The summed E-state index contributed by atoms with van der Waals surface area (Å²) in [5.41, 5.74) is 0. The van der Waals surface area contributed by atoms with Crippen molar-refractivity contribution < 1.29 is 9.21 Å². The second-order valence-electron chi connectivity index (χ2n) is 6.58. The SMILES string of the molecule is O=C(CSc1nnc(N2CCCCC2)n1C1CC1)NCc1ccco1. The maximum Gasteiger partial charge on any atom is 0.230 e. The lowest BCUT2D eigenvalue weighted by molar-refractivity contribution is -0.118. The third kappa shape index (κ3) is 4.00. The molecule has 7 nitrogen and oxygen atoms in total. The van der Waals surface area contributed by atoms with E-state index in [-0.39, 0.29) is 5.91 Å². The highest BCUT2D eigenvalue weighted by atomic mass is 32.2. The van der Waals surface area contributed by atoms with Crippen molar-refractivity contribution in [1.29, 1.82) is 0 Å². The molecule has 1 saturated heterocycles. The Morgan fingerprint density at radius 1 is 1.28 bits per heavy atom. The van der Waals surface area contributed by atoms with Gasteiger partial charge in [0.05, 0.1) is 18.6 Å². The van der Waals surface area contributed by atoms with Crippen LogP contribution < -0.4 is 10.2 Å². The van der Waals surface area contributed by atoms with Crippen molar-refractivity contribution in [2.45, 2.75) is 49.8 Å². The minimum atomic E-state index is -0.0220. The summed E-state index contributed by atoms with van der Waals surface area (Å²) < 4.78 is 7.47. The average Bonchev–Trinajstić information content (AvgIpc) is 3.18. The summed E-state index contributed by atoms with van der Waals surface area (Å²) in [5.74, 6) is 2.06. The third-order valence-corrected chi connectivity index (χ3v) is 5.51. The monoisotopic (exact) mass is 361 g/mol. The molecule has 2 fully saturated rings. The van der Waals surface area contributed by atoms with Crippen molar-refractivity contribution >= 4 is 23.6 Å². The molecule has 8 heteroatoms. The third-order valence-electron chi connectivity index (χ3n) is 4.57. The van der Waals surface area contributed by atoms with Crippen LogP contribution in [0.5, 0.6) is 0 Å². The Kier molecular flexibility index (Phi) is 4.96. The number of aromatic nitrogens is 3. The smallest absolute Gasteiger partial charge is 0.230 e. The van der Waals surface area contributed by atoms with E-state index in [1.165, 1.54) is 43.9 Å². The van der Waals surface area contributed by atoms with E-state index >= 15 is 0 Å². The fourth-order valence-corrected chi connectivity index (χ4v) is 3.94. The van der Waals surface area contributed by atoms with Crippen LogP contribution in [0.4, 0.5) is 5.95 Å². The molecule has 134 valence electrons. The van der Waals surface area contributed by atoms with Crippen molar-refractivity contribution in [2.24, 2.45) is 0 Å². The van der Waals surface area contributed by atoms with Gasteiger partial charge in [0.25, 0.3) is 0 Å². The van der Waals surface area contributed by atoms with Gasteiger partial charge in [0, 0.05) is 19.1 Å². The molecule has 0 atom stereocenters. The Morgan fingerprint density at radius 3 is 2.84 bits per heavy atom. The second-order valence-corrected chi connectivity index (χ2v) is 7.52. The molecule has 0 bridgehead atoms. The standard InChI is InChI=1S/C17H23N5O2S/c23-15(18-11-14-5-4-10-24-14)12-25-17-20-19-16(22(17)13-6-7-13)21-8-2-1-3-9-21/h4-5,10,13H,1-3,6-9,11-12H2,(H,18,23). The molecule has 1 aliphatic carbocycles. The number of furan rings is 1. The maximum atomic E-state index is 12.1. The number of piperidine rings is 1. The number of nitrogens with one attached hydrogen (secondary N) is 1. The van der Waals surface area contributed by atoms with Gasteiger partial charge in [-0.3, -0.25) is 9.36 Å². The zero-order chi connectivity index (χ0) is 17.1. The number of hydrogen-bond donors (Lipinski definition) is 1. The molecule has 1 saturated carbocycles. The summed E-state index contributed by atoms with van der Waals surface area (Å²) in [6.45, 7) is 2.53. The van der Waals surface area contributed by atoms with Gasteiger partial charge in [-0.1, -0.05) is 11.8 Å². The van der Waals surface area contributed by atoms with E-state index in [1.807, 2.05) is 12.1 Å². The van der Waals surface area contributed by atoms with Crippen LogP contribution in [0.3, 0.4) is 0 Å². The van der Waals surface area contributed by atoms with Crippen LogP contribution in [-0.4, -0.2) is 39.5 Å². The quantitative estimate of drug-likeness (QED) is 0.764. The van der Waals surface area contributed by atoms with Gasteiger partial charge in [0.1, 0.15) is 5.76 Å². The summed E-state index contributed by atoms with van der Waals surface area (Å²) in [5, 5.41) is 12.5. The van der Waals surface area contributed by atoms with Crippen LogP contribution in [0.15, 0.2) is 28.0 Å². The number of carbonyl (C=O) groups excluding carboxylic acids is 1. The Bertz CT molecular complexity index is 705. The molecule has 1 aliphatic heterocycles.